The maximum absolute atomic E-state index is 5.44. The van der Waals surface area contributed by atoms with Crippen molar-refractivity contribution in [3.8, 4) is 5.88 Å². The molecule has 110 valence electrons. The van der Waals surface area contributed by atoms with Gasteiger partial charge in [-0.2, -0.15) is 4.98 Å². The number of halogens is 1. The zero-order chi connectivity index (χ0) is 14.7. The normalized spacial score (nSPS) is 14.2. The maximum Gasteiger partial charge on any atom is 0.230 e. The summed E-state index contributed by atoms with van der Waals surface area (Å²) in [6.07, 6.45) is 1.79. The average molecular weight is 349 g/mol. The molecule has 0 atom stereocenters. The van der Waals surface area contributed by atoms with Gasteiger partial charge >= 0.3 is 0 Å². The van der Waals surface area contributed by atoms with Crippen LogP contribution in [0.5, 0.6) is 5.88 Å². The topological polar surface area (TPSA) is 59.1 Å². The minimum Gasteiger partial charge on any atom is -0.481 e. The Balaban J connectivity index is 1.92. The van der Waals surface area contributed by atoms with Crippen molar-refractivity contribution in [1.82, 2.24) is 15.3 Å². The van der Waals surface area contributed by atoms with Crippen LogP contribution >= 0.6 is 15.9 Å². The summed E-state index contributed by atoms with van der Waals surface area (Å²) in [5.41, 5.74) is 3.13. The van der Waals surface area contributed by atoms with Gasteiger partial charge in [0.25, 0.3) is 0 Å². The van der Waals surface area contributed by atoms with Gasteiger partial charge in [0.15, 0.2) is 0 Å². The van der Waals surface area contributed by atoms with E-state index in [0.717, 1.165) is 47.3 Å². The number of nitrogens with zero attached hydrogens (tertiary/aromatic N) is 2. The summed E-state index contributed by atoms with van der Waals surface area (Å²) < 4.78 is 6.48. The molecule has 2 heterocycles. The first kappa shape index (κ1) is 14.3. The highest BCUT2D eigenvalue weighted by Gasteiger charge is 2.17. The summed E-state index contributed by atoms with van der Waals surface area (Å²) in [4.78, 5) is 9.13. The summed E-state index contributed by atoms with van der Waals surface area (Å²) in [6, 6.07) is 7.92. The molecule has 0 spiro atoms. The second-order valence-electron chi connectivity index (χ2n) is 4.86. The molecular formula is C15H17BrN4O. The minimum atomic E-state index is 0.579. The summed E-state index contributed by atoms with van der Waals surface area (Å²) in [5, 5.41) is 6.60. The second-order valence-corrected chi connectivity index (χ2v) is 5.78. The summed E-state index contributed by atoms with van der Waals surface area (Å²) in [6.45, 7) is 1.87. The van der Waals surface area contributed by atoms with Crippen molar-refractivity contribution < 1.29 is 4.74 Å². The van der Waals surface area contributed by atoms with Gasteiger partial charge in [-0.15, -0.1) is 0 Å². The molecule has 1 aromatic carbocycles. The van der Waals surface area contributed by atoms with E-state index in [2.05, 4.69) is 36.5 Å². The number of aromatic nitrogens is 2. The fourth-order valence-corrected chi connectivity index (χ4v) is 2.66. The van der Waals surface area contributed by atoms with Crippen LogP contribution in [0.4, 0.5) is 11.6 Å². The van der Waals surface area contributed by atoms with Gasteiger partial charge in [0.1, 0.15) is 0 Å². The van der Waals surface area contributed by atoms with Gasteiger partial charge in [-0.1, -0.05) is 15.9 Å². The van der Waals surface area contributed by atoms with Crippen molar-refractivity contribution in [1.29, 1.82) is 0 Å². The minimum absolute atomic E-state index is 0.579. The van der Waals surface area contributed by atoms with E-state index in [0.29, 0.717) is 11.8 Å². The molecule has 3 rings (SSSR count). The van der Waals surface area contributed by atoms with E-state index in [4.69, 9.17) is 4.74 Å². The van der Waals surface area contributed by atoms with Crippen LogP contribution in [0.25, 0.3) is 0 Å². The molecule has 2 aromatic rings. The third-order valence-corrected chi connectivity index (χ3v) is 3.97. The summed E-state index contributed by atoms with van der Waals surface area (Å²) in [5.74, 6) is 1.25. The fraction of sp³-hybridized carbons (Fsp3) is 0.333. The molecule has 21 heavy (non-hydrogen) atoms. The van der Waals surface area contributed by atoms with E-state index in [9.17, 15) is 0 Å². The summed E-state index contributed by atoms with van der Waals surface area (Å²) in [7, 11) is 1.66. The number of hydrogen-bond acceptors (Lipinski definition) is 5. The number of rotatable bonds is 3. The lowest BCUT2D eigenvalue weighted by molar-refractivity contribution is 0.391. The van der Waals surface area contributed by atoms with Gasteiger partial charge in [0.05, 0.1) is 12.8 Å². The molecule has 0 fully saturated rings. The lowest BCUT2D eigenvalue weighted by Gasteiger charge is -2.12. The van der Waals surface area contributed by atoms with E-state index >= 15 is 0 Å². The van der Waals surface area contributed by atoms with Crippen LogP contribution in [0.15, 0.2) is 28.7 Å². The number of anilines is 2. The Morgan fingerprint density at radius 3 is 2.67 bits per heavy atom. The van der Waals surface area contributed by atoms with Gasteiger partial charge in [-0.05, 0) is 37.2 Å². The standard InChI is InChI=1S/C15H17BrN4O/c1-21-14-12-6-8-17-9-7-13(12)19-15(20-14)18-11-4-2-10(16)3-5-11/h2-5,17H,6-9H2,1H3,(H,18,19,20). The third-order valence-electron chi connectivity index (χ3n) is 3.44. The van der Waals surface area contributed by atoms with Crippen molar-refractivity contribution in [2.75, 3.05) is 25.5 Å². The number of fused-ring (bicyclic) bond motifs is 1. The number of ether oxygens (including phenoxy) is 1. The number of benzene rings is 1. The van der Waals surface area contributed by atoms with E-state index < -0.39 is 0 Å². The molecule has 0 saturated carbocycles. The van der Waals surface area contributed by atoms with Gasteiger partial charge in [0, 0.05) is 28.7 Å². The first-order valence-electron chi connectivity index (χ1n) is 6.93. The number of methoxy groups -OCH3 is 1. The van der Waals surface area contributed by atoms with E-state index in [1.165, 1.54) is 0 Å². The van der Waals surface area contributed by atoms with Gasteiger partial charge < -0.3 is 15.4 Å². The molecule has 6 heteroatoms. The molecule has 0 unspecified atom stereocenters. The Morgan fingerprint density at radius 2 is 1.90 bits per heavy atom. The first-order valence-corrected chi connectivity index (χ1v) is 7.72. The number of nitrogens with one attached hydrogen (secondary N) is 2. The quantitative estimate of drug-likeness (QED) is 0.892. The molecule has 5 nitrogen and oxygen atoms in total. The van der Waals surface area contributed by atoms with Gasteiger partial charge in [-0.25, -0.2) is 4.98 Å². The predicted octanol–water partition coefficient (Wildman–Crippen LogP) is 2.68. The Morgan fingerprint density at radius 1 is 1.14 bits per heavy atom. The molecule has 0 aliphatic carbocycles. The van der Waals surface area contributed by atoms with Gasteiger partial charge in [0.2, 0.25) is 11.8 Å². The molecule has 0 amide bonds. The molecular weight excluding hydrogens is 332 g/mol. The maximum atomic E-state index is 5.44. The average Bonchev–Trinajstić information content (AvgIpc) is 2.74. The Hall–Kier alpha value is -1.66. The molecule has 0 bridgehead atoms. The first-order chi connectivity index (χ1) is 10.3. The fourth-order valence-electron chi connectivity index (χ4n) is 2.40. The van der Waals surface area contributed by atoms with Crippen LogP contribution in [-0.4, -0.2) is 30.2 Å². The highest BCUT2D eigenvalue weighted by Crippen LogP contribution is 2.25. The predicted molar refractivity (Wildman–Crippen MR) is 86.3 cm³/mol. The summed E-state index contributed by atoms with van der Waals surface area (Å²) >= 11 is 3.43. The zero-order valence-electron chi connectivity index (χ0n) is 11.8. The highest BCUT2D eigenvalue weighted by atomic mass is 79.9. The Labute approximate surface area is 132 Å². The van der Waals surface area contributed by atoms with Gasteiger partial charge in [-0.3, -0.25) is 0 Å². The van der Waals surface area contributed by atoms with Crippen LogP contribution < -0.4 is 15.4 Å². The lowest BCUT2D eigenvalue weighted by atomic mass is 10.1. The molecule has 1 aliphatic heterocycles. The molecule has 0 radical (unpaired) electrons. The van der Waals surface area contributed by atoms with Crippen LogP contribution in [0.1, 0.15) is 11.3 Å². The van der Waals surface area contributed by atoms with Crippen molar-refractivity contribution >= 4 is 27.6 Å². The monoisotopic (exact) mass is 348 g/mol. The van der Waals surface area contributed by atoms with E-state index in [1.807, 2.05) is 24.3 Å². The molecule has 1 aliphatic rings. The SMILES string of the molecule is COc1nc(Nc2ccc(Br)cc2)nc2c1CCNCC2. The Kier molecular flexibility index (Phi) is 4.36. The van der Waals surface area contributed by atoms with Crippen LogP contribution in [-0.2, 0) is 12.8 Å². The molecule has 2 N–H and O–H groups in total. The van der Waals surface area contributed by atoms with Crippen LogP contribution in [0.3, 0.4) is 0 Å². The van der Waals surface area contributed by atoms with Crippen molar-refractivity contribution in [3.63, 3.8) is 0 Å². The smallest absolute Gasteiger partial charge is 0.230 e. The van der Waals surface area contributed by atoms with Crippen molar-refractivity contribution in [2.45, 2.75) is 12.8 Å². The van der Waals surface area contributed by atoms with Crippen LogP contribution in [0, 0.1) is 0 Å². The molecule has 0 saturated heterocycles. The molecule has 1 aromatic heterocycles. The number of hydrogen-bond donors (Lipinski definition) is 2. The zero-order valence-corrected chi connectivity index (χ0v) is 13.4. The van der Waals surface area contributed by atoms with E-state index in [-0.39, 0.29) is 0 Å². The largest absolute Gasteiger partial charge is 0.481 e. The Bertz CT molecular complexity index is 630. The highest BCUT2D eigenvalue weighted by molar-refractivity contribution is 9.10. The third kappa shape index (κ3) is 3.33. The lowest BCUT2D eigenvalue weighted by Crippen LogP contribution is -2.16. The van der Waals surface area contributed by atoms with Crippen LogP contribution in [0.2, 0.25) is 0 Å². The van der Waals surface area contributed by atoms with Crippen molar-refractivity contribution in [2.24, 2.45) is 0 Å². The van der Waals surface area contributed by atoms with Crippen molar-refractivity contribution in [3.05, 3.63) is 40.0 Å². The second kappa shape index (κ2) is 6.41. The van der Waals surface area contributed by atoms with E-state index in [1.54, 1.807) is 7.11 Å².